The van der Waals surface area contributed by atoms with Crippen LogP contribution in [0.1, 0.15) is 23.1 Å². The summed E-state index contributed by atoms with van der Waals surface area (Å²) in [7, 11) is 2.08. The Hall–Kier alpha value is -2.80. The minimum absolute atomic E-state index is 0.00381. The molecular formula is C19H22N6O. The summed E-state index contributed by atoms with van der Waals surface area (Å²) in [6, 6.07) is 9.49. The van der Waals surface area contributed by atoms with Crippen molar-refractivity contribution in [2.45, 2.75) is 13.3 Å². The van der Waals surface area contributed by atoms with Crippen LogP contribution in [0.25, 0.3) is 17.0 Å². The van der Waals surface area contributed by atoms with Crippen LogP contribution >= 0.6 is 0 Å². The van der Waals surface area contributed by atoms with Crippen molar-refractivity contribution >= 4 is 11.6 Å². The SMILES string of the molecule is CCc1cc(C(=O)N2CCN(C)CC2)nc2cc(-c3ccccn3)nn12. The third-order valence-corrected chi connectivity index (χ3v) is 4.80. The van der Waals surface area contributed by atoms with Gasteiger partial charge in [-0.3, -0.25) is 9.78 Å². The lowest BCUT2D eigenvalue weighted by atomic mass is 10.2. The molecule has 0 aromatic carbocycles. The van der Waals surface area contributed by atoms with Crippen molar-refractivity contribution < 1.29 is 4.79 Å². The average molecular weight is 350 g/mol. The van der Waals surface area contributed by atoms with E-state index >= 15 is 0 Å². The van der Waals surface area contributed by atoms with Crippen LogP contribution in [0.4, 0.5) is 0 Å². The summed E-state index contributed by atoms with van der Waals surface area (Å²) in [6.07, 6.45) is 2.52. The van der Waals surface area contributed by atoms with Crippen molar-refractivity contribution in [3.05, 3.63) is 47.9 Å². The number of pyridine rings is 1. The van der Waals surface area contributed by atoms with Crippen LogP contribution in [0.5, 0.6) is 0 Å². The largest absolute Gasteiger partial charge is 0.335 e. The Morgan fingerprint density at radius 1 is 1.12 bits per heavy atom. The number of amides is 1. The predicted molar refractivity (Wildman–Crippen MR) is 99.0 cm³/mol. The molecule has 4 heterocycles. The molecule has 1 aliphatic rings. The van der Waals surface area contributed by atoms with Gasteiger partial charge in [0.1, 0.15) is 11.4 Å². The van der Waals surface area contributed by atoms with Gasteiger partial charge in [0.15, 0.2) is 5.65 Å². The van der Waals surface area contributed by atoms with Gasteiger partial charge in [-0.2, -0.15) is 5.10 Å². The smallest absolute Gasteiger partial charge is 0.272 e. The van der Waals surface area contributed by atoms with E-state index in [1.54, 1.807) is 6.20 Å². The fraction of sp³-hybridized carbons (Fsp3) is 0.368. The van der Waals surface area contributed by atoms with Crippen LogP contribution in [0.15, 0.2) is 36.5 Å². The fourth-order valence-electron chi connectivity index (χ4n) is 3.21. The number of hydrogen-bond donors (Lipinski definition) is 0. The number of rotatable bonds is 3. The molecule has 134 valence electrons. The van der Waals surface area contributed by atoms with Crippen LogP contribution in [-0.2, 0) is 6.42 Å². The average Bonchev–Trinajstić information content (AvgIpc) is 3.12. The number of likely N-dealkylation sites (N-methyl/N-ethyl adjacent to an activating group) is 1. The Balaban J connectivity index is 1.71. The summed E-state index contributed by atoms with van der Waals surface area (Å²) in [4.78, 5) is 26.0. The second-order valence-corrected chi connectivity index (χ2v) is 6.60. The standard InChI is InChI=1S/C19H22N6O/c1-3-14-12-17(19(26)24-10-8-23(2)9-11-24)21-18-13-16(22-25(14)18)15-6-4-5-7-20-15/h4-7,12-13H,3,8-11H2,1-2H3. The molecule has 1 aliphatic heterocycles. The van der Waals surface area contributed by atoms with E-state index in [4.69, 9.17) is 0 Å². The van der Waals surface area contributed by atoms with Crippen molar-refractivity contribution in [2.75, 3.05) is 33.2 Å². The van der Waals surface area contributed by atoms with Crippen LogP contribution in [-0.4, -0.2) is 68.5 Å². The van der Waals surface area contributed by atoms with Crippen molar-refractivity contribution in [1.82, 2.24) is 29.4 Å². The first-order valence-corrected chi connectivity index (χ1v) is 8.94. The zero-order chi connectivity index (χ0) is 18.1. The van der Waals surface area contributed by atoms with E-state index in [-0.39, 0.29) is 5.91 Å². The second-order valence-electron chi connectivity index (χ2n) is 6.60. The molecule has 0 radical (unpaired) electrons. The molecule has 0 unspecified atom stereocenters. The summed E-state index contributed by atoms with van der Waals surface area (Å²) in [5, 5.41) is 4.64. The van der Waals surface area contributed by atoms with Crippen molar-refractivity contribution in [1.29, 1.82) is 0 Å². The lowest BCUT2D eigenvalue weighted by Crippen LogP contribution is -2.47. The number of aromatic nitrogens is 4. The van der Waals surface area contributed by atoms with Crippen LogP contribution in [0, 0.1) is 0 Å². The number of hydrogen-bond acceptors (Lipinski definition) is 5. The number of carbonyl (C=O) groups is 1. The normalized spacial score (nSPS) is 15.5. The van der Waals surface area contributed by atoms with Gasteiger partial charge in [-0.15, -0.1) is 0 Å². The van der Waals surface area contributed by atoms with Crippen LogP contribution in [0.2, 0.25) is 0 Å². The molecule has 4 rings (SSSR count). The molecule has 7 heteroatoms. The summed E-state index contributed by atoms with van der Waals surface area (Å²) >= 11 is 0. The molecule has 0 saturated carbocycles. The van der Waals surface area contributed by atoms with E-state index in [2.05, 4.69) is 33.9 Å². The Labute approximate surface area is 152 Å². The summed E-state index contributed by atoms with van der Waals surface area (Å²) in [6.45, 7) is 5.32. The number of fused-ring (bicyclic) bond motifs is 1. The number of piperazine rings is 1. The molecule has 0 aliphatic carbocycles. The van der Waals surface area contributed by atoms with Crippen molar-refractivity contribution in [3.63, 3.8) is 0 Å². The Bertz CT molecular complexity index is 928. The minimum atomic E-state index is -0.00381. The summed E-state index contributed by atoms with van der Waals surface area (Å²) < 4.78 is 1.81. The molecule has 1 saturated heterocycles. The van der Waals surface area contributed by atoms with Crippen LogP contribution in [0.3, 0.4) is 0 Å². The van der Waals surface area contributed by atoms with Gasteiger partial charge in [0.25, 0.3) is 5.91 Å². The molecule has 3 aromatic rings. The maximum Gasteiger partial charge on any atom is 0.272 e. The highest BCUT2D eigenvalue weighted by atomic mass is 16.2. The summed E-state index contributed by atoms with van der Waals surface area (Å²) in [5.41, 5.74) is 3.70. The molecule has 1 fully saturated rings. The van der Waals surface area contributed by atoms with E-state index in [1.165, 1.54) is 0 Å². The fourth-order valence-corrected chi connectivity index (χ4v) is 3.21. The van der Waals surface area contributed by atoms with Gasteiger partial charge in [-0.25, -0.2) is 9.50 Å². The molecule has 0 atom stereocenters. The Morgan fingerprint density at radius 2 is 1.92 bits per heavy atom. The monoisotopic (exact) mass is 350 g/mol. The first-order chi connectivity index (χ1) is 12.7. The molecule has 1 amide bonds. The van der Waals surface area contributed by atoms with Gasteiger partial charge in [0, 0.05) is 44.1 Å². The number of carbonyl (C=O) groups excluding carboxylic acids is 1. The van der Waals surface area contributed by atoms with Crippen LogP contribution < -0.4 is 0 Å². The van der Waals surface area contributed by atoms with Crippen molar-refractivity contribution in [3.8, 4) is 11.4 Å². The molecule has 0 N–H and O–H groups in total. The molecule has 0 bridgehead atoms. The first kappa shape index (κ1) is 16.7. The lowest BCUT2D eigenvalue weighted by Gasteiger charge is -2.32. The van der Waals surface area contributed by atoms with Gasteiger partial charge in [-0.05, 0) is 31.7 Å². The third-order valence-electron chi connectivity index (χ3n) is 4.80. The van der Waals surface area contributed by atoms with E-state index in [9.17, 15) is 4.79 Å². The highest BCUT2D eigenvalue weighted by Crippen LogP contribution is 2.19. The van der Waals surface area contributed by atoms with Gasteiger partial charge in [0.2, 0.25) is 0 Å². The second kappa shape index (κ2) is 6.84. The Kier molecular flexibility index (Phi) is 4.38. The van der Waals surface area contributed by atoms with E-state index < -0.39 is 0 Å². The van der Waals surface area contributed by atoms with Gasteiger partial charge >= 0.3 is 0 Å². The third kappa shape index (κ3) is 3.06. The zero-order valence-electron chi connectivity index (χ0n) is 15.1. The lowest BCUT2D eigenvalue weighted by molar-refractivity contribution is 0.0658. The number of nitrogens with zero attached hydrogens (tertiary/aromatic N) is 6. The number of aryl methyl sites for hydroxylation is 1. The van der Waals surface area contributed by atoms with E-state index in [1.807, 2.05) is 39.7 Å². The molecular weight excluding hydrogens is 328 g/mol. The molecule has 3 aromatic heterocycles. The predicted octanol–water partition coefficient (Wildman–Crippen LogP) is 1.74. The summed E-state index contributed by atoms with van der Waals surface area (Å²) in [5.74, 6) is -0.00381. The highest BCUT2D eigenvalue weighted by molar-refractivity contribution is 5.93. The molecule has 26 heavy (non-hydrogen) atoms. The molecule has 0 spiro atoms. The Morgan fingerprint density at radius 3 is 2.62 bits per heavy atom. The van der Waals surface area contributed by atoms with E-state index in [0.717, 1.165) is 49.7 Å². The van der Waals surface area contributed by atoms with Gasteiger partial charge in [-0.1, -0.05) is 13.0 Å². The maximum absolute atomic E-state index is 12.9. The topological polar surface area (TPSA) is 66.6 Å². The first-order valence-electron chi connectivity index (χ1n) is 8.94. The zero-order valence-corrected chi connectivity index (χ0v) is 15.1. The van der Waals surface area contributed by atoms with Crippen molar-refractivity contribution in [2.24, 2.45) is 0 Å². The van der Waals surface area contributed by atoms with Gasteiger partial charge < -0.3 is 9.80 Å². The van der Waals surface area contributed by atoms with E-state index in [0.29, 0.717) is 11.3 Å². The maximum atomic E-state index is 12.9. The minimum Gasteiger partial charge on any atom is -0.335 e. The quantitative estimate of drug-likeness (QED) is 0.720. The molecule has 7 nitrogen and oxygen atoms in total. The van der Waals surface area contributed by atoms with Gasteiger partial charge in [0.05, 0.1) is 5.69 Å². The highest BCUT2D eigenvalue weighted by Gasteiger charge is 2.23.